The van der Waals surface area contributed by atoms with E-state index in [1.165, 1.54) is 25.7 Å². The highest BCUT2D eigenvalue weighted by molar-refractivity contribution is 5.97. The first kappa shape index (κ1) is 33.1. The third kappa shape index (κ3) is 8.22. The highest BCUT2D eigenvalue weighted by Crippen LogP contribution is 2.42. The van der Waals surface area contributed by atoms with E-state index in [9.17, 15) is 22.8 Å². The van der Waals surface area contributed by atoms with Crippen LogP contribution in [0.5, 0.6) is 0 Å². The van der Waals surface area contributed by atoms with Gasteiger partial charge in [0, 0.05) is 69.6 Å². The Kier molecular flexibility index (Phi) is 10.7. The van der Waals surface area contributed by atoms with E-state index in [0.717, 1.165) is 88.1 Å². The van der Waals surface area contributed by atoms with Crippen LogP contribution in [0, 0.1) is 25.7 Å². The van der Waals surface area contributed by atoms with Gasteiger partial charge < -0.3 is 19.6 Å². The average Bonchev–Trinajstić information content (AvgIpc) is 3.78. The van der Waals surface area contributed by atoms with Crippen LogP contribution in [-0.4, -0.2) is 94.9 Å². The van der Waals surface area contributed by atoms with E-state index in [-0.39, 0.29) is 17.6 Å². The van der Waals surface area contributed by atoms with Gasteiger partial charge >= 0.3 is 18.2 Å². The van der Waals surface area contributed by atoms with Gasteiger partial charge in [-0.05, 0) is 63.0 Å². The first-order valence-electron chi connectivity index (χ1n) is 15.7. The first-order valence-corrected chi connectivity index (χ1v) is 15.7. The summed E-state index contributed by atoms with van der Waals surface area (Å²) in [6, 6.07) is 6.61. The van der Waals surface area contributed by atoms with Crippen molar-refractivity contribution in [2.75, 3.05) is 39.3 Å². The summed E-state index contributed by atoms with van der Waals surface area (Å²) >= 11 is 0. The molecule has 240 valence electrons. The standard InChI is InChI=1S/C30H45N3O3.C2HF3O2/c1-4-5-9-25-21-33(20-24-10-11-24)29(35)36-30(25)14-18-31(19-15-30)26-12-16-32(17-13-26)28(34)27-22(2)7-6-8-23(27)3;3-2(4,5)1(6)7/h6-8,24-26H,4-5,9-21H2,1-3H3;(H,6,7). The fourth-order valence-corrected chi connectivity index (χ4v) is 6.92. The minimum absolute atomic E-state index is 0.0681. The maximum Gasteiger partial charge on any atom is 0.490 e. The second-order valence-electron chi connectivity index (χ2n) is 12.7. The predicted octanol–water partition coefficient (Wildman–Crippen LogP) is 6.04. The van der Waals surface area contributed by atoms with Crippen molar-refractivity contribution in [1.29, 1.82) is 0 Å². The molecular formula is C32H46F3N3O5. The van der Waals surface area contributed by atoms with Crippen molar-refractivity contribution in [2.45, 2.75) is 96.4 Å². The maximum absolute atomic E-state index is 13.2. The molecule has 4 aliphatic rings. The Morgan fingerprint density at radius 3 is 2.12 bits per heavy atom. The molecule has 1 saturated carbocycles. The van der Waals surface area contributed by atoms with Gasteiger partial charge in [-0.25, -0.2) is 9.59 Å². The molecule has 3 aliphatic heterocycles. The van der Waals surface area contributed by atoms with Crippen molar-refractivity contribution in [3.63, 3.8) is 0 Å². The molecule has 43 heavy (non-hydrogen) atoms. The van der Waals surface area contributed by atoms with Crippen LogP contribution in [0.1, 0.15) is 86.2 Å². The zero-order valence-electron chi connectivity index (χ0n) is 25.6. The summed E-state index contributed by atoms with van der Waals surface area (Å²) in [5, 5.41) is 7.12. The normalized spacial score (nSPS) is 23.0. The second kappa shape index (κ2) is 13.9. The van der Waals surface area contributed by atoms with Gasteiger partial charge in [0.25, 0.3) is 5.91 Å². The van der Waals surface area contributed by atoms with Gasteiger partial charge in [0.15, 0.2) is 0 Å². The molecule has 1 aromatic carbocycles. The molecule has 4 fully saturated rings. The highest BCUT2D eigenvalue weighted by atomic mass is 19.4. The second-order valence-corrected chi connectivity index (χ2v) is 12.7. The third-order valence-electron chi connectivity index (χ3n) is 9.67. The minimum Gasteiger partial charge on any atom is -0.475 e. The number of carboxylic acid groups (broad SMARTS) is 1. The smallest absolute Gasteiger partial charge is 0.475 e. The lowest BCUT2D eigenvalue weighted by Crippen LogP contribution is -2.61. The van der Waals surface area contributed by atoms with Gasteiger partial charge in [0.1, 0.15) is 5.60 Å². The molecule has 3 heterocycles. The number of carboxylic acids is 1. The Balaban J connectivity index is 0.000000541. The number of hydrogen-bond donors (Lipinski definition) is 1. The molecule has 3 saturated heterocycles. The van der Waals surface area contributed by atoms with E-state index in [1.807, 2.05) is 36.9 Å². The number of hydrogen-bond acceptors (Lipinski definition) is 5. The molecule has 5 rings (SSSR count). The summed E-state index contributed by atoms with van der Waals surface area (Å²) < 4.78 is 38.1. The van der Waals surface area contributed by atoms with Crippen LogP contribution >= 0.6 is 0 Å². The summed E-state index contributed by atoms with van der Waals surface area (Å²) in [6.07, 6.45) is 4.88. The maximum atomic E-state index is 13.2. The number of halogens is 3. The fourth-order valence-electron chi connectivity index (χ4n) is 6.92. The van der Waals surface area contributed by atoms with Crippen molar-refractivity contribution < 1.29 is 37.4 Å². The molecule has 0 radical (unpaired) electrons. The summed E-state index contributed by atoms with van der Waals surface area (Å²) in [5.74, 6) is -1.42. The zero-order chi connectivity index (χ0) is 31.4. The molecule has 1 N–H and O–H groups in total. The van der Waals surface area contributed by atoms with Crippen LogP contribution in [0.25, 0.3) is 0 Å². The van der Waals surface area contributed by atoms with Crippen LogP contribution in [-0.2, 0) is 9.53 Å². The van der Waals surface area contributed by atoms with E-state index in [4.69, 9.17) is 14.6 Å². The Labute approximate surface area is 252 Å². The van der Waals surface area contributed by atoms with Crippen molar-refractivity contribution in [3.8, 4) is 0 Å². The molecule has 11 heteroatoms. The molecule has 1 unspecified atom stereocenters. The van der Waals surface area contributed by atoms with Crippen LogP contribution in [0.2, 0.25) is 0 Å². The number of likely N-dealkylation sites (tertiary alicyclic amines) is 2. The average molecular weight is 610 g/mol. The highest BCUT2D eigenvalue weighted by Gasteiger charge is 2.50. The number of benzene rings is 1. The molecule has 1 aromatic rings. The number of nitrogens with zero attached hydrogens (tertiary/aromatic N) is 3. The van der Waals surface area contributed by atoms with E-state index in [2.05, 4.69) is 16.7 Å². The van der Waals surface area contributed by atoms with E-state index >= 15 is 0 Å². The molecule has 1 aliphatic carbocycles. The van der Waals surface area contributed by atoms with E-state index < -0.39 is 12.1 Å². The molecule has 0 bridgehead atoms. The first-order chi connectivity index (χ1) is 20.3. The summed E-state index contributed by atoms with van der Waals surface area (Å²) in [7, 11) is 0. The number of unbranched alkanes of at least 4 members (excludes halogenated alkanes) is 1. The number of ether oxygens (including phenoxy) is 1. The number of aliphatic carboxylic acids is 1. The van der Waals surface area contributed by atoms with Gasteiger partial charge in [-0.3, -0.25) is 9.69 Å². The SMILES string of the molecule is CCCCC1CN(CC2CC2)C(=O)OC12CCN(C1CCN(C(=O)c3c(C)cccc3C)CC1)CC2.O=C(O)C(F)(F)F. The van der Waals surface area contributed by atoms with Gasteiger partial charge in [-0.2, -0.15) is 13.2 Å². The van der Waals surface area contributed by atoms with Crippen LogP contribution in [0.3, 0.4) is 0 Å². The molecule has 1 spiro atoms. The zero-order valence-corrected chi connectivity index (χ0v) is 25.6. The monoisotopic (exact) mass is 609 g/mol. The van der Waals surface area contributed by atoms with Crippen molar-refractivity contribution in [1.82, 2.24) is 14.7 Å². The third-order valence-corrected chi connectivity index (χ3v) is 9.67. The summed E-state index contributed by atoms with van der Waals surface area (Å²) in [6.45, 7) is 11.7. The van der Waals surface area contributed by atoms with Crippen molar-refractivity contribution in [3.05, 3.63) is 34.9 Å². The Morgan fingerprint density at radius 1 is 1.02 bits per heavy atom. The number of carbonyl (C=O) groups excluding carboxylic acids is 2. The predicted molar refractivity (Wildman–Crippen MR) is 156 cm³/mol. The lowest BCUT2D eigenvalue weighted by Gasteiger charge is -2.52. The van der Waals surface area contributed by atoms with Crippen LogP contribution < -0.4 is 0 Å². The number of carbonyl (C=O) groups is 3. The van der Waals surface area contributed by atoms with Gasteiger partial charge in [0.2, 0.25) is 0 Å². The molecule has 8 nitrogen and oxygen atoms in total. The van der Waals surface area contributed by atoms with Gasteiger partial charge in [-0.15, -0.1) is 0 Å². The number of rotatable bonds is 7. The largest absolute Gasteiger partial charge is 0.490 e. The lowest BCUT2D eigenvalue weighted by atomic mass is 9.75. The van der Waals surface area contributed by atoms with Crippen molar-refractivity contribution in [2.24, 2.45) is 11.8 Å². The summed E-state index contributed by atoms with van der Waals surface area (Å²) in [4.78, 5) is 41.8. The minimum atomic E-state index is -5.08. The van der Waals surface area contributed by atoms with E-state index in [0.29, 0.717) is 17.9 Å². The Morgan fingerprint density at radius 2 is 1.60 bits per heavy atom. The van der Waals surface area contributed by atoms with Crippen LogP contribution in [0.15, 0.2) is 18.2 Å². The van der Waals surface area contributed by atoms with Crippen LogP contribution in [0.4, 0.5) is 18.0 Å². The van der Waals surface area contributed by atoms with Crippen molar-refractivity contribution >= 4 is 18.0 Å². The molecule has 0 aromatic heterocycles. The number of piperidine rings is 2. The van der Waals surface area contributed by atoms with Gasteiger partial charge in [-0.1, -0.05) is 38.0 Å². The summed E-state index contributed by atoms with van der Waals surface area (Å²) in [5.41, 5.74) is 2.74. The number of amides is 2. The molecular weight excluding hydrogens is 563 g/mol. The lowest BCUT2D eigenvalue weighted by molar-refractivity contribution is -0.192. The topological polar surface area (TPSA) is 90.4 Å². The number of aryl methyl sites for hydroxylation is 2. The quantitative estimate of drug-likeness (QED) is 0.405. The fraction of sp³-hybridized carbons (Fsp3) is 0.719. The Bertz CT molecular complexity index is 1120. The number of alkyl halides is 3. The molecule has 1 atom stereocenters. The Hall–Kier alpha value is -2.82. The van der Waals surface area contributed by atoms with Gasteiger partial charge in [0.05, 0.1) is 0 Å². The molecule has 2 amide bonds. The van der Waals surface area contributed by atoms with E-state index in [1.54, 1.807) is 0 Å².